The number of ether oxygens (including phenoxy) is 6. The summed E-state index contributed by atoms with van der Waals surface area (Å²) in [7, 11) is 10.2. The van der Waals surface area contributed by atoms with Gasteiger partial charge in [0.05, 0.1) is 93.3 Å². The lowest BCUT2D eigenvalue weighted by Gasteiger charge is -2.27. The van der Waals surface area contributed by atoms with Gasteiger partial charge in [0.2, 0.25) is 0 Å². The Hall–Kier alpha value is -7.26. The Morgan fingerprint density at radius 2 is 0.542 bits per heavy atom. The van der Waals surface area contributed by atoms with Crippen LogP contribution in [0.3, 0.4) is 0 Å². The number of furan rings is 3. The Bertz CT molecular complexity index is 3110. The molecule has 372 valence electrons. The molecule has 0 saturated heterocycles. The van der Waals surface area contributed by atoms with Crippen LogP contribution in [0.15, 0.2) is 122 Å². The fourth-order valence-electron chi connectivity index (χ4n) is 11.7. The SMILES string of the molecule is COc1cc(OC)c2c(C(C)(C)C)c3oc2c1C(c1ccccc1)c1oc2c(c(OC)cc(OC)c2c1C(C)(C)C)C(c1ccccc1)c1oc2c(c(OC)cc(OC)c2c1C(C)(C)C)C3c1ccccc1. The van der Waals surface area contributed by atoms with E-state index >= 15 is 0 Å². The van der Waals surface area contributed by atoms with Crippen LogP contribution in [0.2, 0.25) is 0 Å². The van der Waals surface area contributed by atoms with Gasteiger partial charge in [0.1, 0.15) is 68.5 Å². The highest BCUT2D eigenvalue weighted by Crippen LogP contribution is 2.60. The molecule has 6 aromatic carbocycles. The second kappa shape index (κ2) is 17.8. The van der Waals surface area contributed by atoms with Gasteiger partial charge >= 0.3 is 0 Å². The summed E-state index contributed by atoms with van der Waals surface area (Å²) in [6.07, 6.45) is 0. The maximum Gasteiger partial charge on any atom is 0.146 e. The highest BCUT2D eigenvalue weighted by Gasteiger charge is 2.45. The van der Waals surface area contributed by atoms with Gasteiger partial charge in [-0.25, -0.2) is 0 Å². The third-order valence-corrected chi connectivity index (χ3v) is 14.5. The molecule has 9 heteroatoms. The summed E-state index contributed by atoms with van der Waals surface area (Å²) in [5, 5.41) is 2.50. The molecule has 0 aliphatic carbocycles. The van der Waals surface area contributed by atoms with E-state index in [-0.39, 0.29) is 0 Å². The van der Waals surface area contributed by atoms with Crippen molar-refractivity contribution >= 4 is 32.9 Å². The van der Waals surface area contributed by atoms with Crippen LogP contribution in [-0.4, -0.2) is 42.7 Å². The van der Waals surface area contributed by atoms with Gasteiger partial charge in [0, 0.05) is 34.9 Å². The quantitative estimate of drug-likeness (QED) is 0.140. The first-order valence-corrected chi connectivity index (χ1v) is 24.7. The second-order valence-corrected chi connectivity index (χ2v) is 22.0. The standard InChI is InChI=1S/C63H66O9/c1-61(2,3)52-49-40(67-13)31-37(64-10)47-44(35-27-21-17-22-28-35)59-54(63(7,8)9)51-42(69-15)33-39(66-12)48(57(51)72-59)45(36-29-23-18-24-30-36)60-53(62(4,5)6)50-41(68-14)32-38(65-11)46(56(50)71-60)43(58(52)70-55(47)49)34-25-19-16-20-26-34/h16-33,43-45H,1-15H3. The average Bonchev–Trinajstić information content (AvgIpc) is 4.08. The fourth-order valence-corrected chi connectivity index (χ4v) is 11.7. The van der Waals surface area contributed by atoms with Crippen molar-refractivity contribution in [3.63, 3.8) is 0 Å². The van der Waals surface area contributed by atoms with Gasteiger partial charge in [-0.3, -0.25) is 0 Å². The molecule has 1 aliphatic heterocycles. The predicted octanol–water partition coefficient (Wildman–Crippen LogP) is 15.7. The van der Waals surface area contributed by atoms with E-state index in [0.29, 0.717) is 68.5 Å². The van der Waals surface area contributed by atoms with Gasteiger partial charge in [-0.2, -0.15) is 0 Å². The Kier molecular flexibility index (Phi) is 12.0. The molecule has 4 heterocycles. The Labute approximate surface area is 422 Å². The molecule has 9 aromatic rings. The number of methoxy groups -OCH3 is 6. The maximum absolute atomic E-state index is 7.86. The maximum atomic E-state index is 7.86. The molecule has 6 bridgehead atoms. The number of hydrogen-bond donors (Lipinski definition) is 0. The third-order valence-electron chi connectivity index (χ3n) is 14.5. The molecule has 3 aromatic heterocycles. The number of fused-ring (bicyclic) bond motifs is 3. The number of hydrogen-bond acceptors (Lipinski definition) is 9. The zero-order chi connectivity index (χ0) is 51.2. The molecular weight excluding hydrogens is 901 g/mol. The molecule has 1 aliphatic rings. The summed E-state index contributed by atoms with van der Waals surface area (Å²) in [4.78, 5) is 0. The summed E-state index contributed by atoms with van der Waals surface area (Å²) < 4.78 is 62.6. The lowest BCUT2D eigenvalue weighted by molar-refractivity contribution is 0.388. The van der Waals surface area contributed by atoms with E-state index in [1.54, 1.807) is 42.7 Å². The molecule has 0 radical (unpaired) electrons. The molecule has 0 fully saturated rings. The van der Waals surface area contributed by atoms with Gasteiger partial charge in [0.15, 0.2) is 0 Å². The summed E-state index contributed by atoms with van der Waals surface area (Å²) in [5.74, 6) is 3.95. The zero-order valence-electron chi connectivity index (χ0n) is 44.3. The first-order valence-electron chi connectivity index (χ1n) is 24.7. The molecule has 72 heavy (non-hydrogen) atoms. The second-order valence-electron chi connectivity index (χ2n) is 22.0. The van der Waals surface area contributed by atoms with Crippen LogP contribution in [-0.2, 0) is 16.2 Å². The van der Waals surface area contributed by atoms with E-state index in [2.05, 4.69) is 135 Å². The first-order chi connectivity index (χ1) is 34.4. The van der Waals surface area contributed by atoms with Gasteiger partial charge in [0.25, 0.3) is 0 Å². The fraction of sp³-hybridized carbons (Fsp3) is 0.333. The predicted molar refractivity (Wildman–Crippen MR) is 286 cm³/mol. The molecule has 3 unspecified atom stereocenters. The van der Waals surface area contributed by atoms with E-state index < -0.39 is 34.0 Å². The van der Waals surface area contributed by atoms with E-state index in [1.165, 1.54) is 0 Å². The van der Waals surface area contributed by atoms with E-state index in [0.717, 1.165) is 66.2 Å². The summed E-state index contributed by atoms with van der Waals surface area (Å²) in [6, 6.07) is 37.5. The van der Waals surface area contributed by atoms with Gasteiger partial charge < -0.3 is 41.7 Å². The molecule has 0 amide bonds. The molecule has 0 N–H and O–H groups in total. The van der Waals surface area contributed by atoms with Gasteiger partial charge in [-0.1, -0.05) is 153 Å². The molecular formula is C63H66O9. The molecule has 9 nitrogen and oxygen atoms in total. The van der Waals surface area contributed by atoms with Gasteiger partial charge in [-0.15, -0.1) is 0 Å². The zero-order valence-corrected chi connectivity index (χ0v) is 44.3. The van der Waals surface area contributed by atoms with Crippen LogP contribution in [0.5, 0.6) is 34.5 Å². The normalized spacial score (nSPS) is 16.1. The van der Waals surface area contributed by atoms with Crippen LogP contribution >= 0.6 is 0 Å². The highest BCUT2D eigenvalue weighted by molar-refractivity contribution is 6.00. The lowest BCUT2D eigenvalue weighted by Crippen LogP contribution is -2.18. The Morgan fingerprint density at radius 3 is 0.736 bits per heavy atom. The van der Waals surface area contributed by atoms with Crippen molar-refractivity contribution in [1.82, 2.24) is 0 Å². The molecule has 0 spiro atoms. The van der Waals surface area contributed by atoms with E-state index in [9.17, 15) is 0 Å². The van der Waals surface area contributed by atoms with Crippen molar-refractivity contribution in [2.24, 2.45) is 0 Å². The minimum Gasteiger partial charge on any atom is -0.496 e. The Morgan fingerprint density at radius 1 is 0.319 bits per heavy atom. The van der Waals surface area contributed by atoms with Crippen LogP contribution in [0.25, 0.3) is 32.9 Å². The van der Waals surface area contributed by atoms with Crippen LogP contribution in [0.4, 0.5) is 0 Å². The lowest BCUT2D eigenvalue weighted by atomic mass is 9.75. The summed E-state index contributed by atoms with van der Waals surface area (Å²) in [6.45, 7) is 20.0. The largest absolute Gasteiger partial charge is 0.496 e. The topological polar surface area (TPSA) is 94.8 Å². The first kappa shape index (κ1) is 48.4. The monoisotopic (exact) mass is 966 g/mol. The highest BCUT2D eigenvalue weighted by atomic mass is 16.5. The van der Waals surface area contributed by atoms with Crippen molar-refractivity contribution in [2.45, 2.75) is 96.3 Å². The van der Waals surface area contributed by atoms with Crippen LogP contribution < -0.4 is 28.4 Å². The van der Waals surface area contributed by atoms with Crippen molar-refractivity contribution < 1.29 is 41.7 Å². The third kappa shape index (κ3) is 7.49. The minimum absolute atomic E-state index is 0.517. The van der Waals surface area contributed by atoms with Crippen LogP contribution in [0.1, 0.15) is 147 Å². The van der Waals surface area contributed by atoms with Crippen molar-refractivity contribution in [3.05, 3.63) is 177 Å². The van der Waals surface area contributed by atoms with E-state index in [1.807, 2.05) is 36.4 Å². The number of benzene rings is 6. The summed E-state index contributed by atoms with van der Waals surface area (Å²) >= 11 is 0. The van der Waals surface area contributed by atoms with Crippen molar-refractivity contribution in [3.8, 4) is 34.5 Å². The van der Waals surface area contributed by atoms with Crippen molar-refractivity contribution in [2.75, 3.05) is 42.7 Å². The number of rotatable bonds is 9. The van der Waals surface area contributed by atoms with Crippen LogP contribution in [0, 0.1) is 0 Å². The smallest absolute Gasteiger partial charge is 0.146 e. The minimum atomic E-state index is -0.594. The Balaban J connectivity index is 1.59. The van der Waals surface area contributed by atoms with Gasteiger partial charge in [-0.05, 0) is 32.9 Å². The van der Waals surface area contributed by atoms with E-state index in [4.69, 9.17) is 41.7 Å². The van der Waals surface area contributed by atoms with Crippen molar-refractivity contribution in [1.29, 1.82) is 0 Å². The molecule has 3 atom stereocenters. The summed E-state index contributed by atoms with van der Waals surface area (Å²) in [5.41, 5.74) is 8.48. The average molecular weight is 967 g/mol. The molecule has 0 saturated carbocycles. The molecule has 10 rings (SSSR count).